The second-order valence-corrected chi connectivity index (χ2v) is 4.32. The van der Waals surface area contributed by atoms with Crippen LogP contribution in [0, 0.1) is 5.92 Å². The van der Waals surface area contributed by atoms with Gasteiger partial charge in [0, 0.05) is 11.7 Å². The van der Waals surface area contributed by atoms with Crippen molar-refractivity contribution in [1.82, 2.24) is 0 Å². The Labute approximate surface area is 95.5 Å². The summed E-state index contributed by atoms with van der Waals surface area (Å²) in [7, 11) is 0. The summed E-state index contributed by atoms with van der Waals surface area (Å²) in [6, 6.07) is 8.31. The first-order valence-corrected chi connectivity index (χ1v) is 5.79. The Hall–Kier alpha value is -1.51. The largest absolute Gasteiger partial charge is 0.481 e. The van der Waals surface area contributed by atoms with Crippen molar-refractivity contribution in [3.63, 3.8) is 0 Å². The number of anilines is 1. The topological polar surface area (TPSA) is 49.3 Å². The molecule has 2 atom stereocenters. The summed E-state index contributed by atoms with van der Waals surface area (Å²) in [6.07, 6.45) is 2.77. The van der Waals surface area contributed by atoms with Gasteiger partial charge < -0.3 is 10.4 Å². The molecule has 0 bridgehead atoms. The van der Waals surface area contributed by atoms with Gasteiger partial charge in [-0.15, -0.1) is 0 Å². The zero-order valence-electron chi connectivity index (χ0n) is 9.44. The molecule has 0 spiro atoms. The molecule has 86 valence electrons. The zero-order valence-corrected chi connectivity index (χ0v) is 9.44. The molecule has 16 heavy (non-hydrogen) atoms. The number of hydrogen-bond acceptors (Lipinski definition) is 2. The van der Waals surface area contributed by atoms with Crippen molar-refractivity contribution >= 4 is 11.7 Å². The summed E-state index contributed by atoms with van der Waals surface area (Å²) in [4.78, 5) is 10.8. The van der Waals surface area contributed by atoms with Crippen molar-refractivity contribution in [3.8, 4) is 0 Å². The minimum absolute atomic E-state index is 0.102. The average Bonchev–Trinajstić information content (AvgIpc) is 2.24. The molecule has 1 aliphatic carbocycles. The van der Waals surface area contributed by atoms with E-state index in [1.807, 2.05) is 12.1 Å². The van der Waals surface area contributed by atoms with Gasteiger partial charge in [-0.3, -0.25) is 4.79 Å². The van der Waals surface area contributed by atoms with Gasteiger partial charge in [0.1, 0.15) is 0 Å². The number of hydrogen-bond donors (Lipinski definition) is 2. The maximum absolute atomic E-state index is 10.8. The Morgan fingerprint density at radius 2 is 2.06 bits per heavy atom. The third-order valence-corrected chi connectivity index (χ3v) is 3.31. The highest BCUT2D eigenvalue weighted by Gasteiger charge is 2.36. The number of aliphatic carboxylic acids is 1. The van der Waals surface area contributed by atoms with Crippen LogP contribution < -0.4 is 5.32 Å². The molecule has 1 saturated carbocycles. The van der Waals surface area contributed by atoms with E-state index in [-0.39, 0.29) is 12.0 Å². The fourth-order valence-electron chi connectivity index (χ4n) is 2.02. The van der Waals surface area contributed by atoms with Crippen LogP contribution in [0.3, 0.4) is 0 Å². The minimum Gasteiger partial charge on any atom is -0.481 e. The van der Waals surface area contributed by atoms with E-state index in [1.165, 1.54) is 5.56 Å². The molecule has 1 aromatic carbocycles. The van der Waals surface area contributed by atoms with E-state index in [9.17, 15) is 4.79 Å². The number of carboxylic acid groups (broad SMARTS) is 1. The van der Waals surface area contributed by atoms with E-state index in [4.69, 9.17) is 5.11 Å². The second-order valence-electron chi connectivity index (χ2n) is 4.32. The van der Waals surface area contributed by atoms with Crippen LogP contribution in [0.1, 0.15) is 25.3 Å². The van der Waals surface area contributed by atoms with E-state index >= 15 is 0 Å². The Bertz CT molecular complexity index is 372. The van der Waals surface area contributed by atoms with Gasteiger partial charge in [-0.2, -0.15) is 0 Å². The van der Waals surface area contributed by atoms with Crippen molar-refractivity contribution in [3.05, 3.63) is 29.8 Å². The quantitative estimate of drug-likeness (QED) is 0.818. The van der Waals surface area contributed by atoms with Crippen molar-refractivity contribution in [2.24, 2.45) is 5.92 Å². The normalized spacial score (nSPS) is 23.6. The van der Waals surface area contributed by atoms with Crippen LogP contribution in [0.25, 0.3) is 0 Å². The summed E-state index contributed by atoms with van der Waals surface area (Å²) in [5, 5.41) is 12.2. The third kappa shape index (κ3) is 2.18. The predicted molar refractivity (Wildman–Crippen MR) is 63.6 cm³/mol. The van der Waals surface area contributed by atoms with Gasteiger partial charge >= 0.3 is 5.97 Å². The summed E-state index contributed by atoms with van der Waals surface area (Å²) < 4.78 is 0. The lowest BCUT2D eigenvalue weighted by atomic mass is 9.79. The summed E-state index contributed by atoms with van der Waals surface area (Å²) in [6.45, 7) is 2.12. The van der Waals surface area contributed by atoms with E-state index in [2.05, 4.69) is 24.4 Å². The Morgan fingerprint density at radius 1 is 1.38 bits per heavy atom. The highest BCUT2D eigenvalue weighted by Crippen LogP contribution is 2.30. The van der Waals surface area contributed by atoms with Gasteiger partial charge in [-0.1, -0.05) is 19.1 Å². The van der Waals surface area contributed by atoms with Crippen LogP contribution in [-0.4, -0.2) is 17.1 Å². The Balaban J connectivity index is 1.96. The van der Waals surface area contributed by atoms with Gasteiger partial charge in [-0.25, -0.2) is 0 Å². The van der Waals surface area contributed by atoms with Gasteiger partial charge in [-0.05, 0) is 37.0 Å². The number of benzene rings is 1. The maximum Gasteiger partial charge on any atom is 0.308 e. The molecular formula is C13H17NO2. The number of nitrogens with one attached hydrogen (secondary N) is 1. The summed E-state index contributed by atoms with van der Waals surface area (Å²) in [5.74, 6) is -0.903. The molecular weight excluding hydrogens is 202 g/mol. The second kappa shape index (κ2) is 4.56. The number of carbonyl (C=O) groups is 1. The Morgan fingerprint density at radius 3 is 2.50 bits per heavy atom. The average molecular weight is 219 g/mol. The first kappa shape index (κ1) is 11.0. The van der Waals surface area contributed by atoms with Crippen LogP contribution >= 0.6 is 0 Å². The number of rotatable bonds is 4. The molecule has 3 heteroatoms. The molecule has 2 unspecified atom stereocenters. The maximum atomic E-state index is 10.8. The highest BCUT2D eigenvalue weighted by molar-refractivity contribution is 5.73. The Kier molecular flexibility index (Phi) is 3.13. The SMILES string of the molecule is CCc1ccc(NC2CCC2C(=O)O)cc1. The van der Waals surface area contributed by atoms with Crippen LogP contribution in [0.5, 0.6) is 0 Å². The van der Waals surface area contributed by atoms with Crippen molar-refractivity contribution < 1.29 is 9.90 Å². The van der Waals surface area contributed by atoms with E-state index in [1.54, 1.807) is 0 Å². The fraction of sp³-hybridized carbons (Fsp3) is 0.462. The minimum atomic E-state index is -0.686. The summed E-state index contributed by atoms with van der Waals surface area (Å²) >= 11 is 0. The fourth-order valence-corrected chi connectivity index (χ4v) is 2.02. The van der Waals surface area contributed by atoms with Crippen molar-refractivity contribution in [2.75, 3.05) is 5.32 Å². The molecule has 0 amide bonds. The molecule has 2 rings (SSSR count). The molecule has 1 aliphatic rings. The summed E-state index contributed by atoms with van der Waals surface area (Å²) in [5.41, 5.74) is 2.32. The standard InChI is InChI=1S/C13H17NO2/c1-2-9-3-5-10(6-4-9)14-12-8-7-11(12)13(15)16/h3-6,11-12,14H,2,7-8H2,1H3,(H,15,16). The van der Waals surface area contributed by atoms with Gasteiger partial charge in [0.25, 0.3) is 0 Å². The van der Waals surface area contributed by atoms with Gasteiger partial charge in [0.05, 0.1) is 5.92 Å². The van der Waals surface area contributed by atoms with Crippen molar-refractivity contribution in [1.29, 1.82) is 0 Å². The number of carboxylic acids is 1. The van der Waals surface area contributed by atoms with Crippen molar-refractivity contribution in [2.45, 2.75) is 32.2 Å². The van der Waals surface area contributed by atoms with Crippen LogP contribution in [0.4, 0.5) is 5.69 Å². The van der Waals surface area contributed by atoms with Crippen LogP contribution in [-0.2, 0) is 11.2 Å². The van der Waals surface area contributed by atoms with Crippen LogP contribution in [0.15, 0.2) is 24.3 Å². The molecule has 0 aromatic heterocycles. The molecule has 0 saturated heterocycles. The highest BCUT2D eigenvalue weighted by atomic mass is 16.4. The molecule has 0 heterocycles. The molecule has 1 fully saturated rings. The molecule has 1 aromatic rings. The lowest BCUT2D eigenvalue weighted by Gasteiger charge is -2.34. The lowest BCUT2D eigenvalue weighted by Crippen LogP contribution is -2.42. The van der Waals surface area contributed by atoms with E-state index in [0.717, 1.165) is 24.9 Å². The first-order chi connectivity index (χ1) is 7.70. The monoisotopic (exact) mass is 219 g/mol. The lowest BCUT2D eigenvalue weighted by molar-refractivity contribution is -0.144. The molecule has 3 nitrogen and oxygen atoms in total. The first-order valence-electron chi connectivity index (χ1n) is 5.79. The van der Waals surface area contributed by atoms with Gasteiger partial charge in [0.2, 0.25) is 0 Å². The molecule has 2 N–H and O–H groups in total. The van der Waals surface area contributed by atoms with E-state index in [0.29, 0.717) is 0 Å². The molecule has 0 radical (unpaired) electrons. The van der Waals surface area contributed by atoms with Gasteiger partial charge in [0.15, 0.2) is 0 Å². The van der Waals surface area contributed by atoms with E-state index < -0.39 is 5.97 Å². The third-order valence-electron chi connectivity index (χ3n) is 3.31. The smallest absolute Gasteiger partial charge is 0.308 e. The molecule has 0 aliphatic heterocycles. The number of aryl methyl sites for hydroxylation is 1. The van der Waals surface area contributed by atoms with Crippen LogP contribution in [0.2, 0.25) is 0 Å². The zero-order chi connectivity index (χ0) is 11.5. The predicted octanol–water partition coefficient (Wildman–Crippen LogP) is 2.52.